The van der Waals surface area contributed by atoms with Gasteiger partial charge in [-0.3, -0.25) is 9.89 Å². The molecule has 0 unspecified atom stereocenters. The third-order valence-electron chi connectivity index (χ3n) is 2.02. The summed E-state index contributed by atoms with van der Waals surface area (Å²) in [6, 6.07) is 9.47. The zero-order valence-corrected chi connectivity index (χ0v) is 8.32. The average Bonchev–Trinajstić information content (AvgIpc) is 2.71. The van der Waals surface area contributed by atoms with Crippen LogP contribution in [0, 0.1) is 0 Å². The molecular weight excluding hydrogens is 190 g/mol. The van der Waals surface area contributed by atoms with Crippen LogP contribution in [0.25, 0.3) is 11.3 Å². The van der Waals surface area contributed by atoms with Crippen LogP contribution in [0.5, 0.6) is 0 Å². The number of aromatic nitrogens is 2. The summed E-state index contributed by atoms with van der Waals surface area (Å²) < 4.78 is 0. The molecule has 0 aliphatic carbocycles. The highest BCUT2D eigenvalue weighted by atomic mass is 16.1. The molecule has 1 heterocycles. The Balaban J connectivity index is 2.21. The number of carbonyl (C=O) groups excluding carboxylic acids is 1. The fourth-order valence-corrected chi connectivity index (χ4v) is 1.35. The normalized spacial score (nSPS) is 9.93. The second kappa shape index (κ2) is 3.96. The number of benzene rings is 1. The van der Waals surface area contributed by atoms with E-state index in [0.717, 1.165) is 16.9 Å². The van der Waals surface area contributed by atoms with Crippen LogP contribution in [0.3, 0.4) is 0 Å². The molecule has 4 heteroatoms. The van der Waals surface area contributed by atoms with E-state index in [2.05, 4.69) is 15.5 Å². The maximum Gasteiger partial charge on any atom is 0.221 e. The molecule has 0 saturated heterocycles. The lowest BCUT2D eigenvalue weighted by atomic mass is 10.1. The lowest BCUT2D eigenvalue weighted by molar-refractivity contribution is -0.114. The maximum atomic E-state index is 10.8. The number of hydrogen-bond donors (Lipinski definition) is 2. The minimum atomic E-state index is -0.0655. The van der Waals surface area contributed by atoms with Crippen molar-refractivity contribution in [2.45, 2.75) is 6.92 Å². The number of nitrogens with zero attached hydrogens (tertiary/aromatic N) is 1. The van der Waals surface area contributed by atoms with E-state index in [1.54, 1.807) is 6.20 Å². The van der Waals surface area contributed by atoms with Crippen LogP contribution in [0.1, 0.15) is 6.92 Å². The third kappa shape index (κ3) is 2.22. The molecule has 0 saturated carbocycles. The van der Waals surface area contributed by atoms with E-state index in [1.165, 1.54) is 6.92 Å². The molecule has 0 bridgehead atoms. The van der Waals surface area contributed by atoms with Crippen molar-refractivity contribution in [3.05, 3.63) is 36.5 Å². The molecular formula is C11H11N3O. The van der Waals surface area contributed by atoms with Crippen molar-refractivity contribution >= 4 is 11.6 Å². The van der Waals surface area contributed by atoms with E-state index in [1.807, 2.05) is 30.3 Å². The van der Waals surface area contributed by atoms with Crippen LogP contribution in [-0.2, 0) is 4.79 Å². The molecule has 0 atom stereocenters. The third-order valence-corrected chi connectivity index (χ3v) is 2.02. The van der Waals surface area contributed by atoms with Crippen LogP contribution in [0.15, 0.2) is 36.5 Å². The van der Waals surface area contributed by atoms with Crippen molar-refractivity contribution in [2.75, 3.05) is 5.32 Å². The van der Waals surface area contributed by atoms with Gasteiger partial charge in [0.1, 0.15) is 0 Å². The van der Waals surface area contributed by atoms with Gasteiger partial charge in [0.2, 0.25) is 5.91 Å². The molecule has 0 fully saturated rings. The smallest absolute Gasteiger partial charge is 0.221 e. The van der Waals surface area contributed by atoms with Crippen molar-refractivity contribution in [3.8, 4) is 11.3 Å². The molecule has 2 aromatic rings. The molecule has 15 heavy (non-hydrogen) atoms. The standard InChI is InChI=1S/C11H11N3O/c1-8(15)13-10-4-2-9(3-5-10)11-6-7-12-14-11/h2-7H,1H3,(H,12,14)(H,13,15). The van der Waals surface area contributed by atoms with Gasteiger partial charge in [0, 0.05) is 18.8 Å². The van der Waals surface area contributed by atoms with Gasteiger partial charge in [-0.1, -0.05) is 12.1 Å². The van der Waals surface area contributed by atoms with Gasteiger partial charge < -0.3 is 5.32 Å². The summed E-state index contributed by atoms with van der Waals surface area (Å²) >= 11 is 0. The number of carbonyl (C=O) groups is 1. The Morgan fingerprint density at radius 1 is 1.27 bits per heavy atom. The summed E-state index contributed by atoms with van der Waals surface area (Å²) in [5.74, 6) is -0.0655. The number of amides is 1. The van der Waals surface area contributed by atoms with Crippen molar-refractivity contribution < 1.29 is 4.79 Å². The number of rotatable bonds is 2. The Labute approximate surface area is 87.3 Å². The Bertz CT molecular complexity index is 445. The zero-order valence-electron chi connectivity index (χ0n) is 8.32. The highest BCUT2D eigenvalue weighted by molar-refractivity contribution is 5.88. The van der Waals surface area contributed by atoms with E-state index in [0.29, 0.717) is 0 Å². The van der Waals surface area contributed by atoms with Crippen LogP contribution in [0.4, 0.5) is 5.69 Å². The second-order valence-corrected chi connectivity index (χ2v) is 3.23. The Morgan fingerprint density at radius 2 is 2.00 bits per heavy atom. The molecule has 0 aliphatic rings. The van der Waals surface area contributed by atoms with E-state index in [4.69, 9.17) is 0 Å². The molecule has 0 radical (unpaired) electrons. The lowest BCUT2D eigenvalue weighted by Crippen LogP contribution is -2.05. The average molecular weight is 201 g/mol. The first-order chi connectivity index (χ1) is 7.25. The van der Waals surface area contributed by atoms with Crippen LogP contribution >= 0.6 is 0 Å². The van der Waals surface area contributed by atoms with Gasteiger partial charge in [-0.15, -0.1) is 0 Å². The van der Waals surface area contributed by atoms with Crippen molar-refractivity contribution in [3.63, 3.8) is 0 Å². The fourth-order valence-electron chi connectivity index (χ4n) is 1.35. The van der Waals surface area contributed by atoms with Crippen LogP contribution in [0.2, 0.25) is 0 Å². The number of anilines is 1. The van der Waals surface area contributed by atoms with Crippen LogP contribution in [-0.4, -0.2) is 16.1 Å². The van der Waals surface area contributed by atoms with Crippen LogP contribution < -0.4 is 5.32 Å². The molecule has 76 valence electrons. The Hall–Kier alpha value is -2.10. The summed E-state index contributed by atoms with van der Waals surface area (Å²) in [6.45, 7) is 1.49. The van der Waals surface area contributed by atoms with Gasteiger partial charge in [-0.05, 0) is 23.8 Å². The molecule has 1 aromatic carbocycles. The largest absolute Gasteiger partial charge is 0.326 e. The summed E-state index contributed by atoms with van der Waals surface area (Å²) in [7, 11) is 0. The second-order valence-electron chi connectivity index (χ2n) is 3.23. The van der Waals surface area contributed by atoms with E-state index < -0.39 is 0 Å². The first-order valence-electron chi connectivity index (χ1n) is 4.63. The highest BCUT2D eigenvalue weighted by Crippen LogP contribution is 2.18. The minimum absolute atomic E-state index is 0.0655. The van der Waals surface area contributed by atoms with Crippen molar-refractivity contribution in [1.82, 2.24) is 10.2 Å². The summed E-state index contributed by atoms with van der Waals surface area (Å²) in [5, 5.41) is 9.46. The SMILES string of the molecule is CC(=O)Nc1ccc(-c2ccn[nH]2)cc1. The maximum absolute atomic E-state index is 10.8. The molecule has 0 spiro atoms. The number of H-pyrrole nitrogens is 1. The summed E-state index contributed by atoms with van der Waals surface area (Å²) in [5.41, 5.74) is 2.80. The number of hydrogen-bond acceptors (Lipinski definition) is 2. The topological polar surface area (TPSA) is 57.8 Å². The number of aromatic amines is 1. The van der Waals surface area contributed by atoms with E-state index in [-0.39, 0.29) is 5.91 Å². The minimum Gasteiger partial charge on any atom is -0.326 e. The molecule has 0 aliphatic heterocycles. The molecule has 4 nitrogen and oxygen atoms in total. The van der Waals surface area contributed by atoms with Gasteiger partial charge in [0.15, 0.2) is 0 Å². The van der Waals surface area contributed by atoms with E-state index in [9.17, 15) is 4.79 Å². The quantitative estimate of drug-likeness (QED) is 0.781. The number of nitrogens with one attached hydrogen (secondary N) is 2. The predicted molar refractivity (Wildman–Crippen MR) is 58.3 cm³/mol. The van der Waals surface area contributed by atoms with Gasteiger partial charge >= 0.3 is 0 Å². The highest BCUT2D eigenvalue weighted by Gasteiger charge is 1.99. The molecule has 2 N–H and O–H groups in total. The monoisotopic (exact) mass is 201 g/mol. The Kier molecular flexibility index (Phi) is 2.49. The Morgan fingerprint density at radius 3 is 2.53 bits per heavy atom. The van der Waals surface area contributed by atoms with Crippen molar-refractivity contribution in [2.24, 2.45) is 0 Å². The lowest BCUT2D eigenvalue weighted by Gasteiger charge is -2.02. The molecule has 1 aromatic heterocycles. The van der Waals surface area contributed by atoms with Gasteiger partial charge in [0.05, 0.1) is 5.69 Å². The summed E-state index contributed by atoms with van der Waals surface area (Å²) in [6.07, 6.45) is 1.71. The predicted octanol–water partition coefficient (Wildman–Crippen LogP) is 2.04. The van der Waals surface area contributed by atoms with Gasteiger partial charge in [0.25, 0.3) is 0 Å². The van der Waals surface area contributed by atoms with Gasteiger partial charge in [-0.2, -0.15) is 5.10 Å². The first-order valence-corrected chi connectivity index (χ1v) is 4.63. The first kappa shape index (κ1) is 9.45. The molecule has 2 rings (SSSR count). The molecule has 1 amide bonds. The van der Waals surface area contributed by atoms with Gasteiger partial charge in [-0.25, -0.2) is 0 Å². The van der Waals surface area contributed by atoms with Crippen molar-refractivity contribution in [1.29, 1.82) is 0 Å². The zero-order chi connectivity index (χ0) is 10.7. The fraction of sp³-hybridized carbons (Fsp3) is 0.0909. The summed E-state index contributed by atoms with van der Waals surface area (Å²) in [4.78, 5) is 10.8. The van der Waals surface area contributed by atoms with E-state index >= 15 is 0 Å².